The predicted molar refractivity (Wildman–Crippen MR) is 80.0 cm³/mol. The number of carbonyl (C=O) groups excluding carboxylic acids is 1. The van der Waals surface area contributed by atoms with Crippen LogP contribution < -0.4 is 10.6 Å². The van der Waals surface area contributed by atoms with Crippen molar-refractivity contribution in [2.45, 2.75) is 19.4 Å². The van der Waals surface area contributed by atoms with Crippen molar-refractivity contribution in [1.29, 1.82) is 0 Å². The van der Waals surface area contributed by atoms with Gasteiger partial charge in [-0.2, -0.15) is 0 Å². The standard InChI is InChI=1S/C14H22FN5O2/c1-3-11-13(15)14(18-9-17-11)20-4-5-22-10(7-20)6-19(2)8-12(16)21/h9-10H,3-8H2,1-2H3,(H2,16,21)/t10-/m0/s1. The van der Waals surface area contributed by atoms with Gasteiger partial charge in [0.1, 0.15) is 6.33 Å². The summed E-state index contributed by atoms with van der Waals surface area (Å²) in [5.41, 5.74) is 5.59. The number of nitrogens with two attached hydrogens (primary N) is 1. The van der Waals surface area contributed by atoms with Gasteiger partial charge in [-0.05, 0) is 13.5 Å². The molecule has 0 aliphatic carbocycles. The molecule has 1 atom stereocenters. The molecule has 22 heavy (non-hydrogen) atoms. The second-order valence-electron chi connectivity index (χ2n) is 5.41. The third-order valence-corrected chi connectivity index (χ3v) is 3.56. The lowest BCUT2D eigenvalue weighted by Crippen LogP contribution is -2.48. The van der Waals surface area contributed by atoms with E-state index in [0.717, 1.165) is 0 Å². The average molecular weight is 311 g/mol. The minimum atomic E-state index is -0.385. The number of aryl methyl sites for hydroxylation is 1. The summed E-state index contributed by atoms with van der Waals surface area (Å²) in [5, 5.41) is 0. The number of hydrogen-bond acceptors (Lipinski definition) is 6. The molecule has 0 aromatic carbocycles. The first-order valence-electron chi connectivity index (χ1n) is 7.34. The van der Waals surface area contributed by atoms with Crippen molar-refractivity contribution in [3.05, 3.63) is 17.8 Å². The molecule has 2 heterocycles. The van der Waals surface area contributed by atoms with Gasteiger partial charge in [0.2, 0.25) is 5.91 Å². The summed E-state index contributed by atoms with van der Waals surface area (Å²) in [7, 11) is 1.80. The Morgan fingerprint density at radius 2 is 2.36 bits per heavy atom. The molecule has 0 saturated carbocycles. The van der Waals surface area contributed by atoms with Gasteiger partial charge >= 0.3 is 0 Å². The van der Waals surface area contributed by atoms with Crippen molar-refractivity contribution in [3.8, 4) is 0 Å². The van der Waals surface area contributed by atoms with E-state index in [1.54, 1.807) is 11.9 Å². The molecule has 1 aromatic rings. The van der Waals surface area contributed by atoms with Crippen molar-refractivity contribution in [1.82, 2.24) is 14.9 Å². The first-order valence-corrected chi connectivity index (χ1v) is 7.34. The zero-order valence-corrected chi connectivity index (χ0v) is 13.0. The first-order chi connectivity index (χ1) is 10.5. The number of amides is 1. The number of primary amides is 1. The minimum Gasteiger partial charge on any atom is -0.373 e. The molecule has 1 aliphatic rings. The molecular weight excluding hydrogens is 289 g/mol. The number of likely N-dealkylation sites (N-methyl/N-ethyl adjacent to an activating group) is 1. The topological polar surface area (TPSA) is 84.6 Å². The number of morpholine rings is 1. The van der Waals surface area contributed by atoms with Crippen LogP contribution in [0.1, 0.15) is 12.6 Å². The van der Waals surface area contributed by atoms with Crippen molar-refractivity contribution in [2.75, 3.05) is 44.7 Å². The van der Waals surface area contributed by atoms with Gasteiger partial charge in [0.25, 0.3) is 0 Å². The van der Waals surface area contributed by atoms with Crippen LogP contribution in [0, 0.1) is 5.82 Å². The fourth-order valence-corrected chi connectivity index (χ4v) is 2.56. The third-order valence-electron chi connectivity index (χ3n) is 3.56. The number of hydrogen-bond donors (Lipinski definition) is 1. The van der Waals surface area contributed by atoms with Crippen molar-refractivity contribution in [3.63, 3.8) is 0 Å². The zero-order chi connectivity index (χ0) is 16.1. The van der Waals surface area contributed by atoms with E-state index < -0.39 is 0 Å². The lowest BCUT2D eigenvalue weighted by Gasteiger charge is -2.35. The molecule has 1 fully saturated rings. The highest BCUT2D eigenvalue weighted by Crippen LogP contribution is 2.20. The van der Waals surface area contributed by atoms with Gasteiger partial charge in [0, 0.05) is 19.6 Å². The number of ether oxygens (including phenoxy) is 1. The van der Waals surface area contributed by atoms with E-state index >= 15 is 0 Å². The van der Waals surface area contributed by atoms with E-state index in [0.29, 0.717) is 44.2 Å². The van der Waals surface area contributed by atoms with Gasteiger partial charge in [0.15, 0.2) is 11.6 Å². The van der Waals surface area contributed by atoms with E-state index in [2.05, 4.69) is 9.97 Å². The summed E-state index contributed by atoms with van der Waals surface area (Å²) in [5.74, 6) is -0.432. The Hall–Kier alpha value is -1.80. The molecule has 2 N–H and O–H groups in total. The summed E-state index contributed by atoms with van der Waals surface area (Å²) >= 11 is 0. The van der Waals surface area contributed by atoms with Crippen LogP contribution in [-0.2, 0) is 16.0 Å². The van der Waals surface area contributed by atoms with Gasteiger partial charge in [-0.25, -0.2) is 14.4 Å². The normalized spacial score (nSPS) is 18.7. The summed E-state index contributed by atoms with van der Waals surface area (Å²) in [6.45, 7) is 4.15. The number of anilines is 1. The zero-order valence-electron chi connectivity index (χ0n) is 13.0. The van der Waals surface area contributed by atoms with Crippen LogP contribution in [0.3, 0.4) is 0 Å². The Kier molecular flexibility index (Phi) is 5.62. The van der Waals surface area contributed by atoms with E-state index in [-0.39, 0.29) is 24.4 Å². The number of rotatable bonds is 6. The first kappa shape index (κ1) is 16.6. The monoisotopic (exact) mass is 311 g/mol. The summed E-state index contributed by atoms with van der Waals surface area (Å²) in [6, 6.07) is 0. The lowest BCUT2D eigenvalue weighted by atomic mass is 10.2. The maximum atomic E-state index is 14.3. The van der Waals surface area contributed by atoms with E-state index in [1.807, 2.05) is 11.8 Å². The fraction of sp³-hybridized carbons (Fsp3) is 0.643. The predicted octanol–water partition coefficient (Wildman–Crippen LogP) is -0.200. The van der Waals surface area contributed by atoms with Crippen molar-refractivity contribution >= 4 is 11.7 Å². The smallest absolute Gasteiger partial charge is 0.231 e. The van der Waals surface area contributed by atoms with Crippen molar-refractivity contribution in [2.24, 2.45) is 5.73 Å². The Bertz CT molecular complexity index is 528. The number of aromatic nitrogens is 2. The molecule has 1 amide bonds. The van der Waals surface area contributed by atoms with Crippen molar-refractivity contribution < 1.29 is 13.9 Å². The van der Waals surface area contributed by atoms with Crippen LogP contribution in [0.5, 0.6) is 0 Å². The quantitative estimate of drug-likeness (QED) is 0.783. The van der Waals surface area contributed by atoms with E-state index in [9.17, 15) is 9.18 Å². The molecule has 0 spiro atoms. The molecule has 2 rings (SSSR count). The van der Waals surface area contributed by atoms with Crippen LogP contribution in [-0.4, -0.2) is 66.7 Å². The molecule has 122 valence electrons. The van der Waals surface area contributed by atoms with Crippen LogP contribution >= 0.6 is 0 Å². The van der Waals surface area contributed by atoms with Gasteiger partial charge in [-0.3, -0.25) is 9.69 Å². The molecule has 8 heteroatoms. The van der Waals surface area contributed by atoms with Crippen LogP contribution in [0.25, 0.3) is 0 Å². The molecule has 0 radical (unpaired) electrons. The molecule has 0 bridgehead atoms. The average Bonchev–Trinajstić information content (AvgIpc) is 2.46. The van der Waals surface area contributed by atoms with Crippen LogP contribution in [0.15, 0.2) is 6.33 Å². The highest BCUT2D eigenvalue weighted by molar-refractivity contribution is 5.75. The minimum absolute atomic E-state index is 0.127. The number of carbonyl (C=O) groups is 1. The Morgan fingerprint density at radius 3 is 3.05 bits per heavy atom. The Morgan fingerprint density at radius 1 is 1.59 bits per heavy atom. The van der Waals surface area contributed by atoms with Crippen LogP contribution in [0.4, 0.5) is 10.2 Å². The number of halogens is 1. The SMILES string of the molecule is CCc1ncnc(N2CCO[C@@H](CN(C)CC(N)=O)C2)c1F. The van der Waals surface area contributed by atoms with Gasteiger partial charge < -0.3 is 15.4 Å². The van der Waals surface area contributed by atoms with E-state index in [1.165, 1.54) is 6.33 Å². The summed E-state index contributed by atoms with van der Waals surface area (Å²) in [4.78, 5) is 22.6. The molecular formula is C14H22FN5O2. The van der Waals surface area contributed by atoms with Gasteiger partial charge in [0.05, 0.1) is 24.9 Å². The maximum Gasteiger partial charge on any atom is 0.231 e. The maximum absolute atomic E-state index is 14.3. The highest BCUT2D eigenvalue weighted by atomic mass is 19.1. The number of nitrogens with zero attached hydrogens (tertiary/aromatic N) is 4. The van der Waals surface area contributed by atoms with Gasteiger partial charge in [-0.1, -0.05) is 6.92 Å². The second-order valence-corrected chi connectivity index (χ2v) is 5.41. The fourth-order valence-electron chi connectivity index (χ4n) is 2.56. The van der Waals surface area contributed by atoms with Gasteiger partial charge in [-0.15, -0.1) is 0 Å². The molecule has 1 aromatic heterocycles. The van der Waals surface area contributed by atoms with Crippen LogP contribution in [0.2, 0.25) is 0 Å². The highest BCUT2D eigenvalue weighted by Gasteiger charge is 2.25. The molecule has 1 saturated heterocycles. The molecule has 1 aliphatic heterocycles. The largest absolute Gasteiger partial charge is 0.373 e. The Labute approximate surface area is 129 Å². The summed E-state index contributed by atoms with van der Waals surface area (Å²) in [6.07, 6.45) is 1.79. The molecule has 7 nitrogen and oxygen atoms in total. The Balaban J connectivity index is 2.03. The second kappa shape index (κ2) is 7.46. The third kappa shape index (κ3) is 4.11. The van der Waals surface area contributed by atoms with E-state index in [4.69, 9.17) is 10.5 Å². The molecule has 0 unspecified atom stereocenters. The summed E-state index contributed by atoms with van der Waals surface area (Å²) < 4.78 is 20.0. The lowest BCUT2D eigenvalue weighted by molar-refractivity contribution is -0.119.